The summed E-state index contributed by atoms with van der Waals surface area (Å²) in [5.74, 6) is -1.40. The molecule has 2 rings (SSSR count). The molecule has 0 aliphatic heterocycles. The maximum atomic E-state index is 12.3. The number of halogens is 1. The number of rotatable bonds is 7. The topological polar surface area (TPSA) is 78.4 Å². The molecule has 1 atom stereocenters. The molecule has 1 amide bonds. The zero-order valence-electron chi connectivity index (χ0n) is 12.3. The molecule has 0 heterocycles. The Morgan fingerprint density at radius 3 is 2.30 bits per heavy atom. The molecule has 0 spiro atoms. The lowest BCUT2D eigenvalue weighted by Gasteiger charge is -2.17. The highest BCUT2D eigenvalue weighted by molar-refractivity contribution is 9.10. The molecule has 0 radical (unpaired) electrons. The Hall–Kier alpha value is -2.18. The summed E-state index contributed by atoms with van der Waals surface area (Å²) in [6, 6.07) is 15.8. The first-order chi connectivity index (χ1) is 11.0. The summed E-state index contributed by atoms with van der Waals surface area (Å²) in [5, 5.41) is 14.7. The summed E-state index contributed by atoms with van der Waals surface area (Å²) in [6.45, 7) is 0.423. The molecule has 2 aromatic carbocycles. The van der Waals surface area contributed by atoms with E-state index in [1.54, 1.807) is 24.3 Å². The van der Waals surface area contributed by atoms with Crippen LogP contribution < -0.4 is 10.6 Å². The highest BCUT2D eigenvalue weighted by Gasteiger charge is 2.21. The quantitative estimate of drug-likeness (QED) is 0.693. The van der Waals surface area contributed by atoms with Crippen LogP contribution in [0.25, 0.3) is 0 Å². The molecule has 0 aromatic heterocycles. The van der Waals surface area contributed by atoms with Gasteiger partial charge in [-0.2, -0.15) is 0 Å². The van der Waals surface area contributed by atoms with Gasteiger partial charge in [-0.05, 0) is 29.8 Å². The van der Waals surface area contributed by atoms with E-state index in [1.807, 2.05) is 30.3 Å². The highest BCUT2D eigenvalue weighted by atomic mass is 79.9. The number of hydrogen-bond donors (Lipinski definition) is 3. The Balaban J connectivity index is 2.00. The van der Waals surface area contributed by atoms with Crippen molar-refractivity contribution in [3.05, 3.63) is 64.6 Å². The first-order valence-corrected chi connectivity index (χ1v) is 7.89. The molecule has 0 bridgehead atoms. The van der Waals surface area contributed by atoms with Gasteiger partial charge in [0.1, 0.15) is 0 Å². The fourth-order valence-corrected chi connectivity index (χ4v) is 2.30. The number of aliphatic carboxylic acids is 1. The maximum Gasteiger partial charge on any atom is 0.305 e. The van der Waals surface area contributed by atoms with Gasteiger partial charge in [0.25, 0.3) is 0 Å². The van der Waals surface area contributed by atoms with E-state index in [0.29, 0.717) is 12.2 Å². The first-order valence-electron chi connectivity index (χ1n) is 7.10. The van der Waals surface area contributed by atoms with Crippen molar-refractivity contribution in [1.29, 1.82) is 0 Å². The molecule has 3 N–H and O–H groups in total. The molecule has 0 fully saturated rings. The van der Waals surface area contributed by atoms with Crippen molar-refractivity contribution in [2.45, 2.75) is 19.0 Å². The number of carbonyl (C=O) groups excluding carboxylic acids is 1. The van der Waals surface area contributed by atoms with Crippen LogP contribution in [0.3, 0.4) is 0 Å². The molecule has 0 aliphatic carbocycles. The summed E-state index contributed by atoms with van der Waals surface area (Å²) in [4.78, 5) is 23.3. The molecule has 23 heavy (non-hydrogen) atoms. The molecule has 0 aliphatic rings. The number of carboxylic acid groups (broad SMARTS) is 1. The largest absolute Gasteiger partial charge is 0.481 e. The van der Waals surface area contributed by atoms with Crippen molar-refractivity contribution >= 4 is 33.5 Å². The van der Waals surface area contributed by atoms with Crippen LogP contribution in [-0.2, 0) is 16.1 Å². The van der Waals surface area contributed by atoms with Crippen LogP contribution in [0.5, 0.6) is 0 Å². The van der Waals surface area contributed by atoms with Crippen LogP contribution in [0.1, 0.15) is 12.0 Å². The third-order valence-electron chi connectivity index (χ3n) is 3.20. The van der Waals surface area contributed by atoms with E-state index in [9.17, 15) is 9.59 Å². The summed E-state index contributed by atoms with van der Waals surface area (Å²) in [5.41, 5.74) is 1.61. The number of amides is 1. The van der Waals surface area contributed by atoms with Crippen LogP contribution >= 0.6 is 15.9 Å². The normalized spacial score (nSPS) is 11.7. The fourth-order valence-electron chi connectivity index (χ4n) is 2.03. The summed E-state index contributed by atoms with van der Waals surface area (Å²) >= 11 is 3.32. The van der Waals surface area contributed by atoms with E-state index >= 15 is 0 Å². The fraction of sp³-hybridized carbons (Fsp3) is 0.176. The average Bonchev–Trinajstić information content (AvgIpc) is 2.54. The van der Waals surface area contributed by atoms with Crippen molar-refractivity contribution in [2.24, 2.45) is 0 Å². The zero-order valence-corrected chi connectivity index (χ0v) is 13.9. The van der Waals surface area contributed by atoms with Crippen LogP contribution in [0.15, 0.2) is 59.1 Å². The van der Waals surface area contributed by atoms with Gasteiger partial charge in [0.15, 0.2) is 0 Å². The Bertz CT molecular complexity index is 659. The monoisotopic (exact) mass is 376 g/mol. The van der Waals surface area contributed by atoms with E-state index in [4.69, 9.17) is 5.11 Å². The van der Waals surface area contributed by atoms with Crippen LogP contribution in [0, 0.1) is 0 Å². The van der Waals surface area contributed by atoms with Gasteiger partial charge in [0, 0.05) is 16.7 Å². The van der Waals surface area contributed by atoms with E-state index in [2.05, 4.69) is 26.6 Å². The molecule has 5 nitrogen and oxygen atoms in total. The van der Waals surface area contributed by atoms with Gasteiger partial charge in [-0.1, -0.05) is 46.3 Å². The SMILES string of the molecule is O=C(O)C[C@H](NCc1ccccc1)C(=O)Nc1ccc(Br)cc1. The Kier molecular flexibility index (Phi) is 6.31. The van der Waals surface area contributed by atoms with Crippen molar-refractivity contribution in [2.75, 3.05) is 5.32 Å². The minimum absolute atomic E-state index is 0.283. The lowest BCUT2D eigenvalue weighted by molar-refractivity contribution is -0.139. The van der Waals surface area contributed by atoms with Gasteiger partial charge in [-0.3, -0.25) is 9.59 Å². The third-order valence-corrected chi connectivity index (χ3v) is 3.73. The molecule has 6 heteroatoms. The molecular formula is C17H17BrN2O3. The maximum absolute atomic E-state index is 12.3. The van der Waals surface area contributed by atoms with Gasteiger partial charge < -0.3 is 15.7 Å². The smallest absolute Gasteiger partial charge is 0.305 e. The molecule has 2 aromatic rings. The summed E-state index contributed by atoms with van der Waals surface area (Å²) < 4.78 is 0.903. The predicted molar refractivity (Wildman–Crippen MR) is 92.1 cm³/mol. The number of carbonyl (C=O) groups is 2. The molecule has 0 saturated heterocycles. The summed E-state index contributed by atoms with van der Waals surface area (Å²) in [7, 11) is 0. The van der Waals surface area contributed by atoms with Crippen molar-refractivity contribution in [1.82, 2.24) is 5.32 Å². The van der Waals surface area contributed by atoms with E-state index < -0.39 is 12.0 Å². The highest BCUT2D eigenvalue weighted by Crippen LogP contribution is 2.14. The standard InChI is InChI=1S/C17H17BrN2O3/c18-13-6-8-14(9-7-13)20-17(23)15(10-16(21)22)19-11-12-4-2-1-3-5-12/h1-9,15,19H,10-11H2,(H,20,23)(H,21,22)/t15-/m0/s1. The number of benzene rings is 2. The van der Waals surface area contributed by atoms with Crippen molar-refractivity contribution in [3.8, 4) is 0 Å². The van der Waals surface area contributed by atoms with Crippen molar-refractivity contribution in [3.63, 3.8) is 0 Å². The molecule has 120 valence electrons. The van der Waals surface area contributed by atoms with Crippen LogP contribution in [0.4, 0.5) is 5.69 Å². The second kappa shape index (κ2) is 8.45. The van der Waals surface area contributed by atoms with E-state index in [0.717, 1.165) is 10.0 Å². The molecule has 0 unspecified atom stereocenters. The second-order valence-corrected chi connectivity index (χ2v) is 5.93. The Morgan fingerprint density at radius 1 is 1.04 bits per heavy atom. The molecular weight excluding hydrogens is 360 g/mol. The zero-order chi connectivity index (χ0) is 16.7. The molecule has 0 saturated carbocycles. The summed E-state index contributed by atoms with van der Waals surface area (Å²) in [6.07, 6.45) is -0.283. The first kappa shape index (κ1) is 17.2. The van der Waals surface area contributed by atoms with Gasteiger partial charge in [0.2, 0.25) is 5.91 Å². The predicted octanol–water partition coefficient (Wildman–Crippen LogP) is 3.02. The number of nitrogens with one attached hydrogen (secondary N) is 2. The minimum Gasteiger partial charge on any atom is -0.481 e. The lowest BCUT2D eigenvalue weighted by atomic mass is 10.1. The van der Waals surface area contributed by atoms with Gasteiger partial charge >= 0.3 is 5.97 Å². The second-order valence-electron chi connectivity index (χ2n) is 5.01. The number of carboxylic acids is 1. The van der Waals surface area contributed by atoms with Crippen molar-refractivity contribution < 1.29 is 14.7 Å². The number of anilines is 1. The van der Waals surface area contributed by atoms with Gasteiger partial charge in [0.05, 0.1) is 12.5 Å². The van der Waals surface area contributed by atoms with Gasteiger partial charge in [-0.25, -0.2) is 0 Å². The minimum atomic E-state index is -1.03. The number of hydrogen-bond acceptors (Lipinski definition) is 3. The van der Waals surface area contributed by atoms with E-state index in [-0.39, 0.29) is 12.3 Å². The Labute approximate surface area is 142 Å². The van der Waals surface area contributed by atoms with Crippen LogP contribution in [0.2, 0.25) is 0 Å². The Morgan fingerprint density at radius 2 is 1.70 bits per heavy atom. The average molecular weight is 377 g/mol. The van der Waals surface area contributed by atoms with E-state index in [1.165, 1.54) is 0 Å². The third kappa shape index (κ3) is 5.84. The lowest BCUT2D eigenvalue weighted by Crippen LogP contribution is -2.41. The van der Waals surface area contributed by atoms with Gasteiger partial charge in [-0.15, -0.1) is 0 Å². The van der Waals surface area contributed by atoms with Crippen LogP contribution in [-0.4, -0.2) is 23.0 Å².